The van der Waals surface area contributed by atoms with Crippen molar-refractivity contribution < 1.29 is 4.79 Å². The molecule has 2 heterocycles. The van der Waals surface area contributed by atoms with Gasteiger partial charge in [0, 0.05) is 45.1 Å². The summed E-state index contributed by atoms with van der Waals surface area (Å²) in [5, 5.41) is 2.94. The molecule has 0 aromatic carbocycles. The predicted octanol–water partition coefficient (Wildman–Crippen LogP) is 0.839. The Kier molecular flexibility index (Phi) is 5.95. The Labute approximate surface area is 121 Å². The minimum absolute atomic E-state index is 0.0334. The third kappa shape index (κ3) is 4.58. The molecule has 0 atom stereocenters. The molecule has 110 valence electrons. The molecule has 1 N–H and O–H groups in total. The van der Waals surface area contributed by atoms with E-state index >= 15 is 0 Å². The average molecular weight is 276 g/mol. The lowest BCUT2D eigenvalue weighted by molar-refractivity contribution is 0.0948. The van der Waals surface area contributed by atoms with Crippen molar-refractivity contribution in [2.24, 2.45) is 0 Å². The van der Waals surface area contributed by atoms with Gasteiger partial charge in [-0.15, -0.1) is 0 Å². The van der Waals surface area contributed by atoms with Crippen LogP contribution in [0, 0.1) is 0 Å². The summed E-state index contributed by atoms with van der Waals surface area (Å²) in [7, 11) is 0. The molecule has 0 radical (unpaired) electrons. The van der Waals surface area contributed by atoms with E-state index in [4.69, 9.17) is 0 Å². The number of carbonyl (C=O) groups excluding carboxylic acids is 1. The fourth-order valence-corrected chi connectivity index (χ4v) is 2.43. The molecule has 5 nitrogen and oxygen atoms in total. The highest BCUT2D eigenvalue weighted by molar-refractivity contribution is 5.93. The number of rotatable bonds is 6. The molecule has 0 bridgehead atoms. The first kappa shape index (κ1) is 14.9. The molecule has 1 aromatic rings. The van der Waals surface area contributed by atoms with Crippen LogP contribution in [-0.2, 0) is 0 Å². The molecule has 1 amide bonds. The highest BCUT2D eigenvalue weighted by Gasteiger charge is 2.14. The van der Waals surface area contributed by atoms with Gasteiger partial charge in [0.25, 0.3) is 5.91 Å². The molecule has 1 aliphatic heterocycles. The minimum Gasteiger partial charge on any atom is -0.352 e. The van der Waals surface area contributed by atoms with Crippen LogP contribution in [0.1, 0.15) is 23.7 Å². The largest absolute Gasteiger partial charge is 0.352 e. The maximum absolute atomic E-state index is 11.8. The van der Waals surface area contributed by atoms with Gasteiger partial charge in [-0.1, -0.05) is 6.92 Å². The number of aromatic nitrogens is 1. The molecule has 1 aromatic heterocycles. The third-order valence-corrected chi connectivity index (χ3v) is 3.77. The van der Waals surface area contributed by atoms with E-state index in [9.17, 15) is 4.79 Å². The zero-order valence-electron chi connectivity index (χ0n) is 12.2. The van der Waals surface area contributed by atoms with E-state index in [1.165, 1.54) is 13.1 Å². The summed E-state index contributed by atoms with van der Waals surface area (Å²) in [6.45, 7) is 9.76. The maximum atomic E-state index is 11.8. The first-order valence-corrected chi connectivity index (χ1v) is 7.42. The van der Waals surface area contributed by atoms with E-state index in [0.717, 1.165) is 39.1 Å². The number of amides is 1. The van der Waals surface area contributed by atoms with Crippen molar-refractivity contribution in [2.45, 2.75) is 13.3 Å². The second-order valence-corrected chi connectivity index (χ2v) is 5.13. The van der Waals surface area contributed by atoms with Gasteiger partial charge in [-0.2, -0.15) is 0 Å². The zero-order chi connectivity index (χ0) is 14.2. The first-order valence-electron chi connectivity index (χ1n) is 7.42. The standard InChI is InChI=1S/C15H24N4O/c1-2-18-9-11-19(12-10-18)8-4-7-17-15(20)14-5-3-6-16-13-14/h3,5-6,13H,2,4,7-12H2,1H3,(H,17,20). The van der Waals surface area contributed by atoms with Gasteiger partial charge in [0.15, 0.2) is 0 Å². The van der Waals surface area contributed by atoms with Crippen molar-refractivity contribution in [1.29, 1.82) is 0 Å². The number of likely N-dealkylation sites (N-methyl/N-ethyl adjacent to an activating group) is 1. The van der Waals surface area contributed by atoms with Crippen molar-refractivity contribution in [3.63, 3.8) is 0 Å². The van der Waals surface area contributed by atoms with Crippen molar-refractivity contribution in [2.75, 3.05) is 45.8 Å². The molecule has 0 aliphatic carbocycles. The zero-order valence-corrected chi connectivity index (χ0v) is 12.2. The number of hydrogen-bond acceptors (Lipinski definition) is 4. The number of nitrogens with one attached hydrogen (secondary N) is 1. The van der Waals surface area contributed by atoms with Crippen molar-refractivity contribution in [3.8, 4) is 0 Å². The molecule has 5 heteroatoms. The Balaban J connectivity index is 1.59. The third-order valence-electron chi connectivity index (χ3n) is 3.77. The van der Waals surface area contributed by atoms with Crippen molar-refractivity contribution in [1.82, 2.24) is 20.1 Å². The highest BCUT2D eigenvalue weighted by Crippen LogP contribution is 2.01. The molecule has 2 rings (SSSR count). The van der Waals surface area contributed by atoms with Crippen LogP contribution in [0.3, 0.4) is 0 Å². The molecule has 1 fully saturated rings. The fraction of sp³-hybridized carbons (Fsp3) is 0.600. The normalized spacial score (nSPS) is 17.1. The van der Waals surface area contributed by atoms with Crippen LogP contribution in [-0.4, -0.2) is 66.5 Å². The van der Waals surface area contributed by atoms with E-state index in [1.54, 1.807) is 24.5 Å². The van der Waals surface area contributed by atoms with Gasteiger partial charge in [0.2, 0.25) is 0 Å². The van der Waals surface area contributed by atoms with Crippen molar-refractivity contribution >= 4 is 5.91 Å². The summed E-state index contributed by atoms with van der Waals surface area (Å²) in [5.41, 5.74) is 0.629. The van der Waals surface area contributed by atoms with E-state index in [1.807, 2.05) is 0 Å². The summed E-state index contributed by atoms with van der Waals surface area (Å²) in [6, 6.07) is 3.56. The summed E-state index contributed by atoms with van der Waals surface area (Å²) in [5.74, 6) is -0.0334. The maximum Gasteiger partial charge on any atom is 0.252 e. The van der Waals surface area contributed by atoms with Crippen molar-refractivity contribution in [3.05, 3.63) is 30.1 Å². The van der Waals surface area contributed by atoms with E-state index in [0.29, 0.717) is 5.56 Å². The van der Waals surface area contributed by atoms with Gasteiger partial charge in [-0.05, 0) is 31.6 Å². The Morgan fingerprint density at radius 3 is 2.70 bits per heavy atom. The van der Waals surface area contributed by atoms with Crippen LogP contribution in [0.25, 0.3) is 0 Å². The average Bonchev–Trinajstić information content (AvgIpc) is 2.53. The van der Waals surface area contributed by atoms with E-state index < -0.39 is 0 Å². The highest BCUT2D eigenvalue weighted by atomic mass is 16.1. The molecule has 20 heavy (non-hydrogen) atoms. The van der Waals surface area contributed by atoms with Crippen LogP contribution >= 0.6 is 0 Å². The van der Waals surface area contributed by atoms with Crippen LogP contribution in [0.15, 0.2) is 24.5 Å². The molecule has 1 aliphatic rings. The lowest BCUT2D eigenvalue weighted by Gasteiger charge is -2.33. The van der Waals surface area contributed by atoms with Gasteiger partial charge in [0.1, 0.15) is 0 Å². The Morgan fingerprint density at radius 1 is 1.30 bits per heavy atom. The van der Waals surface area contributed by atoms with E-state index in [2.05, 4.69) is 27.0 Å². The molecule has 1 saturated heterocycles. The Morgan fingerprint density at radius 2 is 2.05 bits per heavy atom. The second-order valence-electron chi connectivity index (χ2n) is 5.13. The SMILES string of the molecule is CCN1CCN(CCCNC(=O)c2cccnc2)CC1. The molecular weight excluding hydrogens is 252 g/mol. The smallest absolute Gasteiger partial charge is 0.252 e. The van der Waals surface area contributed by atoms with Gasteiger partial charge < -0.3 is 15.1 Å². The van der Waals surface area contributed by atoms with Crippen LogP contribution in [0.4, 0.5) is 0 Å². The lowest BCUT2D eigenvalue weighted by atomic mass is 10.2. The summed E-state index contributed by atoms with van der Waals surface area (Å²) < 4.78 is 0. The van der Waals surface area contributed by atoms with Gasteiger partial charge in [0.05, 0.1) is 5.56 Å². The Bertz CT molecular complexity index is 402. The van der Waals surface area contributed by atoms with Gasteiger partial charge in [-0.25, -0.2) is 0 Å². The summed E-state index contributed by atoms with van der Waals surface area (Å²) >= 11 is 0. The van der Waals surface area contributed by atoms with Crippen LogP contribution in [0.2, 0.25) is 0 Å². The summed E-state index contributed by atoms with van der Waals surface area (Å²) in [6.07, 6.45) is 4.27. The first-order chi connectivity index (χ1) is 9.79. The minimum atomic E-state index is -0.0334. The fourth-order valence-electron chi connectivity index (χ4n) is 2.43. The topological polar surface area (TPSA) is 48.5 Å². The molecule has 0 saturated carbocycles. The monoisotopic (exact) mass is 276 g/mol. The molecule has 0 spiro atoms. The number of carbonyl (C=O) groups is 1. The van der Waals surface area contributed by atoms with Crippen LogP contribution < -0.4 is 5.32 Å². The Hall–Kier alpha value is -1.46. The van der Waals surface area contributed by atoms with Crippen LogP contribution in [0.5, 0.6) is 0 Å². The molecule has 0 unspecified atom stereocenters. The number of nitrogens with zero attached hydrogens (tertiary/aromatic N) is 3. The van der Waals surface area contributed by atoms with Gasteiger partial charge >= 0.3 is 0 Å². The number of piperazine rings is 1. The quantitative estimate of drug-likeness (QED) is 0.782. The van der Waals surface area contributed by atoms with Gasteiger partial charge in [-0.3, -0.25) is 9.78 Å². The number of hydrogen-bond donors (Lipinski definition) is 1. The second kappa shape index (κ2) is 7.97. The summed E-state index contributed by atoms with van der Waals surface area (Å²) in [4.78, 5) is 20.7. The van der Waals surface area contributed by atoms with E-state index in [-0.39, 0.29) is 5.91 Å². The predicted molar refractivity (Wildman–Crippen MR) is 79.7 cm³/mol. The number of pyridine rings is 1. The lowest BCUT2D eigenvalue weighted by Crippen LogP contribution is -2.46. The molecular formula is C15H24N4O.